The van der Waals surface area contributed by atoms with Crippen molar-refractivity contribution in [2.45, 2.75) is 0 Å². The lowest BCUT2D eigenvalue weighted by Gasteiger charge is -2.09. The summed E-state index contributed by atoms with van der Waals surface area (Å²) in [4.78, 5) is 14.8. The molecule has 3 heterocycles. The number of hydrogen-bond donors (Lipinski definition) is 0. The van der Waals surface area contributed by atoms with Gasteiger partial charge in [-0.15, -0.1) is 0 Å². The van der Waals surface area contributed by atoms with Gasteiger partial charge in [-0.2, -0.15) is 0 Å². The van der Waals surface area contributed by atoms with Crippen LogP contribution in [0.1, 0.15) is 0 Å². The lowest BCUT2D eigenvalue weighted by Crippen LogP contribution is -2.00. The van der Waals surface area contributed by atoms with E-state index in [1.54, 1.807) is 0 Å². The molecular weight excluding hydrogens is 661 g/mol. The summed E-state index contributed by atoms with van der Waals surface area (Å²) < 4.78 is 9.04. The van der Waals surface area contributed by atoms with Crippen LogP contribution in [-0.4, -0.2) is 19.5 Å². The highest BCUT2D eigenvalue weighted by Crippen LogP contribution is 2.39. The Balaban J connectivity index is 1.07. The van der Waals surface area contributed by atoms with E-state index in [4.69, 9.17) is 19.4 Å². The fourth-order valence-corrected chi connectivity index (χ4v) is 7.78. The lowest BCUT2D eigenvalue weighted by atomic mass is 10.0. The topological polar surface area (TPSA) is 56.7 Å². The normalized spacial score (nSPS) is 11.7. The van der Waals surface area contributed by atoms with Crippen LogP contribution in [0.4, 0.5) is 0 Å². The van der Waals surface area contributed by atoms with Crippen LogP contribution in [0, 0.1) is 0 Å². The zero-order valence-electron chi connectivity index (χ0n) is 29.0. The largest absolute Gasteiger partial charge is 0.456 e. The fraction of sp³-hybridized carbons (Fsp3) is 0. The van der Waals surface area contributed by atoms with Gasteiger partial charge in [0.25, 0.3) is 0 Å². The smallest absolute Gasteiger partial charge is 0.164 e. The molecule has 3 aromatic heterocycles. The van der Waals surface area contributed by atoms with Crippen molar-refractivity contribution < 1.29 is 4.42 Å². The molecule has 0 saturated carbocycles. The van der Waals surface area contributed by atoms with E-state index in [1.807, 2.05) is 66.7 Å². The van der Waals surface area contributed by atoms with Crippen LogP contribution >= 0.6 is 0 Å². The standard InChI is InChI=1S/C49H30N4O/c1-4-12-31(13-5-1)36-21-25-43-41(27-36)42-26-34-18-10-11-19-35(34)28-44(42)53(43)38-22-24-40-39-23-20-37(29-45(39)54-46(40)30-38)49-51-47(32-14-6-2-7-15-32)50-48(52-49)33-16-8-3-9-17-33/h1-30H. The summed E-state index contributed by atoms with van der Waals surface area (Å²) in [7, 11) is 0. The summed E-state index contributed by atoms with van der Waals surface area (Å²) in [6.07, 6.45) is 0. The maximum Gasteiger partial charge on any atom is 0.164 e. The van der Waals surface area contributed by atoms with Gasteiger partial charge >= 0.3 is 0 Å². The molecule has 0 aliphatic carbocycles. The Kier molecular flexibility index (Phi) is 6.79. The van der Waals surface area contributed by atoms with Crippen LogP contribution in [0.5, 0.6) is 0 Å². The second-order valence-electron chi connectivity index (χ2n) is 13.7. The molecule has 5 nitrogen and oxygen atoms in total. The van der Waals surface area contributed by atoms with Gasteiger partial charge in [0.1, 0.15) is 11.2 Å². The maximum absolute atomic E-state index is 6.67. The summed E-state index contributed by atoms with van der Waals surface area (Å²) >= 11 is 0. The van der Waals surface area contributed by atoms with Crippen molar-refractivity contribution in [3.63, 3.8) is 0 Å². The van der Waals surface area contributed by atoms with Crippen molar-refractivity contribution in [1.29, 1.82) is 0 Å². The third kappa shape index (κ3) is 4.98. The Labute approximate surface area is 310 Å². The molecule has 54 heavy (non-hydrogen) atoms. The average molecular weight is 691 g/mol. The molecule has 0 N–H and O–H groups in total. The first kappa shape index (κ1) is 30.3. The third-order valence-corrected chi connectivity index (χ3v) is 10.4. The van der Waals surface area contributed by atoms with Crippen molar-refractivity contribution in [1.82, 2.24) is 19.5 Å². The molecule has 11 aromatic rings. The van der Waals surface area contributed by atoms with Crippen molar-refractivity contribution in [2.75, 3.05) is 0 Å². The van der Waals surface area contributed by atoms with Gasteiger partial charge in [-0.1, -0.05) is 127 Å². The Morgan fingerprint density at radius 1 is 0.333 bits per heavy atom. The molecule has 8 aromatic carbocycles. The van der Waals surface area contributed by atoms with Gasteiger partial charge < -0.3 is 8.98 Å². The van der Waals surface area contributed by atoms with Crippen LogP contribution in [-0.2, 0) is 0 Å². The minimum absolute atomic E-state index is 0.595. The maximum atomic E-state index is 6.67. The summed E-state index contributed by atoms with van der Waals surface area (Å²) in [6, 6.07) is 63.5. The van der Waals surface area contributed by atoms with Crippen LogP contribution < -0.4 is 0 Å². The fourth-order valence-electron chi connectivity index (χ4n) is 7.78. The van der Waals surface area contributed by atoms with Crippen molar-refractivity contribution in [3.05, 3.63) is 182 Å². The number of hydrogen-bond acceptors (Lipinski definition) is 4. The van der Waals surface area contributed by atoms with Crippen molar-refractivity contribution >= 4 is 54.5 Å². The molecule has 252 valence electrons. The highest BCUT2D eigenvalue weighted by atomic mass is 16.3. The van der Waals surface area contributed by atoms with Gasteiger partial charge in [-0.3, -0.25) is 0 Å². The summed E-state index contributed by atoms with van der Waals surface area (Å²) in [5.41, 5.74) is 10.1. The molecule has 0 atom stereocenters. The molecule has 0 unspecified atom stereocenters. The molecule has 0 fully saturated rings. The van der Waals surface area contributed by atoms with Gasteiger partial charge in [0.05, 0.1) is 11.0 Å². The van der Waals surface area contributed by atoms with E-state index in [2.05, 4.69) is 120 Å². The van der Waals surface area contributed by atoms with Gasteiger partial charge in [-0.25, -0.2) is 15.0 Å². The van der Waals surface area contributed by atoms with Gasteiger partial charge in [-0.05, 0) is 70.4 Å². The second-order valence-corrected chi connectivity index (χ2v) is 13.7. The van der Waals surface area contributed by atoms with E-state index in [9.17, 15) is 0 Å². The molecule has 0 aliphatic rings. The zero-order chi connectivity index (χ0) is 35.6. The zero-order valence-corrected chi connectivity index (χ0v) is 29.0. The van der Waals surface area contributed by atoms with E-state index in [1.165, 1.54) is 32.7 Å². The van der Waals surface area contributed by atoms with Crippen LogP contribution in [0.2, 0.25) is 0 Å². The molecule has 0 saturated heterocycles. The van der Waals surface area contributed by atoms with E-state index in [0.717, 1.165) is 55.3 Å². The van der Waals surface area contributed by atoms with E-state index in [0.29, 0.717) is 17.5 Å². The predicted molar refractivity (Wildman–Crippen MR) is 221 cm³/mol. The first-order valence-corrected chi connectivity index (χ1v) is 18.1. The Morgan fingerprint density at radius 2 is 0.852 bits per heavy atom. The van der Waals surface area contributed by atoms with Gasteiger partial charge in [0, 0.05) is 50.0 Å². The van der Waals surface area contributed by atoms with Gasteiger partial charge in [0.15, 0.2) is 17.5 Å². The summed E-state index contributed by atoms with van der Waals surface area (Å²) in [6.45, 7) is 0. The second kappa shape index (κ2) is 12.1. The predicted octanol–water partition coefficient (Wildman–Crippen LogP) is 12.7. The van der Waals surface area contributed by atoms with E-state index >= 15 is 0 Å². The highest BCUT2D eigenvalue weighted by Gasteiger charge is 2.18. The highest BCUT2D eigenvalue weighted by molar-refractivity contribution is 6.15. The van der Waals surface area contributed by atoms with Crippen LogP contribution in [0.25, 0.3) is 105 Å². The molecule has 0 amide bonds. The summed E-state index contributed by atoms with van der Waals surface area (Å²) in [5.74, 6) is 1.85. The van der Waals surface area contributed by atoms with Crippen LogP contribution in [0.15, 0.2) is 186 Å². The number of rotatable bonds is 5. The molecule has 11 rings (SSSR count). The molecular formula is C49H30N4O. The minimum atomic E-state index is 0.595. The minimum Gasteiger partial charge on any atom is -0.456 e. The van der Waals surface area contributed by atoms with E-state index in [-0.39, 0.29) is 0 Å². The molecule has 0 spiro atoms. The van der Waals surface area contributed by atoms with E-state index < -0.39 is 0 Å². The third-order valence-electron chi connectivity index (χ3n) is 10.4. The first-order valence-electron chi connectivity index (χ1n) is 18.1. The van der Waals surface area contributed by atoms with Gasteiger partial charge in [0.2, 0.25) is 0 Å². The Hall–Kier alpha value is -7.37. The molecule has 0 bridgehead atoms. The number of benzene rings is 8. The monoisotopic (exact) mass is 690 g/mol. The average Bonchev–Trinajstić information content (AvgIpc) is 3.77. The lowest BCUT2D eigenvalue weighted by molar-refractivity contribution is 0.668. The number of aromatic nitrogens is 4. The first-order chi connectivity index (χ1) is 26.7. The van der Waals surface area contributed by atoms with Crippen LogP contribution in [0.3, 0.4) is 0 Å². The molecule has 0 aliphatic heterocycles. The Morgan fingerprint density at radius 3 is 1.52 bits per heavy atom. The quantitative estimate of drug-likeness (QED) is 0.180. The number of furan rings is 1. The SMILES string of the molecule is c1ccc(-c2ccc3c(c2)c2cc4ccccc4cc2n3-c2ccc3c(c2)oc2cc(-c4nc(-c5ccccc5)nc(-c5ccccc5)n4)ccc23)cc1. The summed E-state index contributed by atoms with van der Waals surface area (Å²) in [5, 5.41) is 6.97. The molecule has 5 heteroatoms. The van der Waals surface area contributed by atoms with Crippen molar-refractivity contribution in [2.24, 2.45) is 0 Å². The Bertz CT molecular complexity index is 3140. The number of fused-ring (bicyclic) bond motifs is 7. The van der Waals surface area contributed by atoms with Crippen molar-refractivity contribution in [3.8, 4) is 51.0 Å². The number of nitrogens with zero attached hydrogens (tertiary/aromatic N) is 4. The molecule has 0 radical (unpaired) electrons.